The van der Waals surface area contributed by atoms with Crippen molar-refractivity contribution in [3.63, 3.8) is 0 Å². The Bertz CT molecular complexity index is 148. The van der Waals surface area contributed by atoms with Gasteiger partial charge in [-0.2, -0.15) is 0 Å². The van der Waals surface area contributed by atoms with Gasteiger partial charge in [-0.1, -0.05) is 34.5 Å². The summed E-state index contributed by atoms with van der Waals surface area (Å²) in [6, 6.07) is 0. The van der Waals surface area contributed by atoms with E-state index >= 15 is 0 Å². The van der Waals surface area contributed by atoms with E-state index in [0.717, 1.165) is 4.48 Å². The third-order valence-corrected chi connectivity index (χ3v) is 2.09. The molecule has 1 heteroatoms. The van der Waals surface area contributed by atoms with Gasteiger partial charge >= 0.3 is 0 Å². The van der Waals surface area contributed by atoms with Gasteiger partial charge < -0.3 is 0 Å². The Morgan fingerprint density at radius 3 is 2.40 bits per heavy atom. The topological polar surface area (TPSA) is 0 Å². The quantitative estimate of drug-likeness (QED) is 0.605. The molecule has 0 N–H and O–H groups in total. The standard InChI is InChI=1S/C9H13Br/c1-8(10)7-9-5-3-2-4-6-9/h7H,1-6H2. The largest absolute Gasteiger partial charge is 0.0847 e. The first-order valence-electron chi connectivity index (χ1n) is 3.83. The van der Waals surface area contributed by atoms with E-state index in [1.807, 2.05) is 0 Å². The lowest BCUT2D eigenvalue weighted by Gasteiger charge is -2.12. The summed E-state index contributed by atoms with van der Waals surface area (Å²) in [5, 5.41) is 0. The summed E-state index contributed by atoms with van der Waals surface area (Å²) in [7, 11) is 0. The van der Waals surface area contributed by atoms with E-state index in [0.29, 0.717) is 0 Å². The summed E-state index contributed by atoms with van der Waals surface area (Å²) >= 11 is 3.34. The van der Waals surface area contributed by atoms with Crippen LogP contribution in [0.1, 0.15) is 32.1 Å². The average Bonchev–Trinajstić information content (AvgIpc) is 1.88. The van der Waals surface area contributed by atoms with Gasteiger partial charge in [-0.05, 0) is 31.8 Å². The molecular formula is C9H13Br. The third-order valence-electron chi connectivity index (χ3n) is 1.86. The molecule has 0 aromatic carbocycles. The van der Waals surface area contributed by atoms with E-state index < -0.39 is 0 Å². The van der Waals surface area contributed by atoms with Crippen LogP contribution in [0.5, 0.6) is 0 Å². The Balaban J connectivity index is 2.45. The minimum atomic E-state index is 1.02. The predicted octanol–water partition coefficient (Wildman–Crippen LogP) is 3.79. The van der Waals surface area contributed by atoms with Gasteiger partial charge in [0.25, 0.3) is 0 Å². The summed E-state index contributed by atoms with van der Waals surface area (Å²) in [6.45, 7) is 3.79. The van der Waals surface area contributed by atoms with Gasteiger partial charge in [-0.3, -0.25) is 0 Å². The average molecular weight is 201 g/mol. The van der Waals surface area contributed by atoms with Gasteiger partial charge in [0.05, 0.1) is 0 Å². The first kappa shape index (κ1) is 8.06. The number of rotatable bonds is 1. The van der Waals surface area contributed by atoms with Crippen molar-refractivity contribution in [3.05, 3.63) is 22.7 Å². The zero-order valence-corrected chi connectivity index (χ0v) is 7.78. The van der Waals surface area contributed by atoms with Crippen molar-refractivity contribution in [2.75, 3.05) is 0 Å². The summed E-state index contributed by atoms with van der Waals surface area (Å²) in [4.78, 5) is 0. The second kappa shape index (κ2) is 3.97. The maximum Gasteiger partial charge on any atom is 0.0102 e. The first-order chi connectivity index (χ1) is 4.79. The first-order valence-corrected chi connectivity index (χ1v) is 4.62. The lowest BCUT2D eigenvalue weighted by Crippen LogP contribution is -1.92. The fraction of sp³-hybridized carbons (Fsp3) is 0.556. The lowest BCUT2D eigenvalue weighted by atomic mass is 9.95. The molecule has 0 atom stereocenters. The Morgan fingerprint density at radius 1 is 1.30 bits per heavy atom. The van der Waals surface area contributed by atoms with Crippen molar-refractivity contribution in [1.82, 2.24) is 0 Å². The van der Waals surface area contributed by atoms with Crippen molar-refractivity contribution in [2.24, 2.45) is 0 Å². The molecule has 1 aliphatic rings. The minimum Gasteiger partial charge on any atom is -0.0847 e. The van der Waals surface area contributed by atoms with Crippen LogP contribution in [0.2, 0.25) is 0 Å². The molecule has 0 spiro atoms. The Labute approximate surface area is 71.1 Å². The molecule has 0 heterocycles. The van der Waals surface area contributed by atoms with E-state index in [9.17, 15) is 0 Å². The van der Waals surface area contributed by atoms with Crippen LogP contribution in [0.4, 0.5) is 0 Å². The van der Waals surface area contributed by atoms with Crippen molar-refractivity contribution in [3.8, 4) is 0 Å². The van der Waals surface area contributed by atoms with Crippen molar-refractivity contribution < 1.29 is 0 Å². The van der Waals surface area contributed by atoms with E-state index in [-0.39, 0.29) is 0 Å². The molecule has 0 aromatic rings. The van der Waals surface area contributed by atoms with E-state index in [4.69, 9.17) is 0 Å². The minimum absolute atomic E-state index is 1.02. The Kier molecular flexibility index (Phi) is 3.20. The molecule has 0 amide bonds. The summed E-state index contributed by atoms with van der Waals surface area (Å²) in [5.74, 6) is 0. The van der Waals surface area contributed by atoms with E-state index in [1.165, 1.54) is 32.1 Å². The predicted molar refractivity (Wildman–Crippen MR) is 49.2 cm³/mol. The Morgan fingerprint density at radius 2 is 1.90 bits per heavy atom. The molecule has 1 saturated carbocycles. The lowest BCUT2D eigenvalue weighted by molar-refractivity contribution is 0.599. The molecule has 0 radical (unpaired) electrons. The van der Waals surface area contributed by atoms with Gasteiger partial charge in [0, 0.05) is 4.48 Å². The van der Waals surface area contributed by atoms with Crippen molar-refractivity contribution in [2.45, 2.75) is 32.1 Å². The summed E-state index contributed by atoms with van der Waals surface area (Å²) in [6.07, 6.45) is 8.87. The fourth-order valence-corrected chi connectivity index (χ4v) is 1.70. The highest BCUT2D eigenvalue weighted by molar-refractivity contribution is 9.11. The molecule has 1 aliphatic carbocycles. The summed E-state index contributed by atoms with van der Waals surface area (Å²) in [5.41, 5.74) is 1.56. The van der Waals surface area contributed by atoms with Crippen LogP contribution in [0, 0.1) is 0 Å². The molecule has 0 nitrogen and oxygen atoms in total. The molecule has 0 unspecified atom stereocenters. The maximum atomic E-state index is 3.79. The second-order valence-electron chi connectivity index (χ2n) is 2.81. The maximum absolute atomic E-state index is 3.79. The van der Waals surface area contributed by atoms with Crippen LogP contribution in [0.3, 0.4) is 0 Å². The van der Waals surface area contributed by atoms with Gasteiger partial charge in [-0.15, -0.1) is 0 Å². The Hall–Kier alpha value is -0.0400. The molecule has 0 bridgehead atoms. The van der Waals surface area contributed by atoms with E-state index in [1.54, 1.807) is 5.57 Å². The number of hydrogen-bond acceptors (Lipinski definition) is 0. The van der Waals surface area contributed by atoms with Gasteiger partial charge in [-0.25, -0.2) is 0 Å². The molecule has 56 valence electrons. The van der Waals surface area contributed by atoms with Crippen LogP contribution in [0.25, 0.3) is 0 Å². The zero-order valence-electron chi connectivity index (χ0n) is 6.20. The monoisotopic (exact) mass is 200 g/mol. The third kappa shape index (κ3) is 2.70. The van der Waals surface area contributed by atoms with Crippen LogP contribution >= 0.6 is 15.9 Å². The highest BCUT2D eigenvalue weighted by Crippen LogP contribution is 2.24. The number of halogens is 1. The molecule has 1 rings (SSSR count). The molecule has 0 aromatic heterocycles. The van der Waals surface area contributed by atoms with Crippen LogP contribution in [-0.2, 0) is 0 Å². The molecule has 0 aliphatic heterocycles. The molecule has 0 saturated heterocycles. The zero-order chi connectivity index (χ0) is 7.40. The normalized spacial score (nSPS) is 18.7. The highest BCUT2D eigenvalue weighted by atomic mass is 79.9. The van der Waals surface area contributed by atoms with Gasteiger partial charge in [0.15, 0.2) is 0 Å². The van der Waals surface area contributed by atoms with Crippen molar-refractivity contribution >= 4 is 15.9 Å². The van der Waals surface area contributed by atoms with Gasteiger partial charge in [0.2, 0.25) is 0 Å². The molecule has 1 fully saturated rings. The van der Waals surface area contributed by atoms with Crippen LogP contribution in [-0.4, -0.2) is 0 Å². The van der Waals surface area contributed by atoms with Gasteiger partial charge in [0.1, 0.15) is 0 Å². The highest BCUT2D eigenvalue weighted by Gasteiger charge is 2.03. The molecule has 10 heavy (non-hydrogen) atoms. The SMILES string of the molecule is C=C(Br)C=C1CCCCC1. The molecular weight excluding hydrogens is 188 g/mol. The van der Waals surface area contributed by atoms with Crippen LogP contribution < -0.4 is 0 Å². The number of hydrogen-bond donors (Lipinski definition) is 0. The van der Waals surface area contributed by atoms with Crippen molar-refractivity contribution in [1.29, 1.82) is 0 Å². The second-order valence-corrected chi connectivity index (χ2v) is 3.83. The smallest absolute Gasteiger partial charge is 0.0102 e. The van der Waals surface area contributed by atoms with E-state index in [2.05, 4.69) is 28.6 Å². The fourth-order valence-electron chi connectivity index (χ4n) is 1.37. The van der Waals surface area contributed by atoms with Crippen LogP contribution in [0.15, 0.2) is 22.7 Å². The summed E-state index contributed by atoms with van der Waals surface area (Å²) < 4.78 is 1.02. The number of allylic oxidation sites excluding steroid dienone is 3.